The Morgan fingerprint density at radius 3 is 2.35 bits per heavy atom. The Balaban J connectivity index is 1.35. The largest absolute Gasteiger partial charge is 0.418 e. The Hall–Kier alpha value is -3.15. The predicted octanol–water partition coefficient (Wildman–Crippen LogP) is 2.75. The number of hydrogen-bond acceptors (Lipinski definition) is 6. The van der Waals surface area contributed by atoms with Crippen molar-refractivity contribution in [2.24, 2.45) is 11.8 Å². The van der Waals surface area contributed by atoms with Crippen molar-refractivity contribution in [3.63, 3.8) is 0 Å². The van der Waals surface area contributed by atoms with E-state index in [2.05, 4.69) is 10.2 Å². The maximum Gasteiger partial charge on any atom is 0.418 e. The van der Waals surface area contributed by atoms with Crippen LogP contribution in [0.2, 0.25) is 0 Å². The normalized spacial score (nSPS) is 20.8. The second-order valence-corrected chi connectivity index (χ2v) is 10.9. The van der Waals surface area contributed by atoms with Gasteiger partial charge in [0.05, 0.1) is 16.2 Å². The molecular formula is C22H22F3N5O3S. The van der Waals surface area contributed by atoms with Gasteiger partial charge in [-0.25, -0.2) is 8.42 Å². The van der Waals surface area contributed by atoms with Crippen molar-refractivity contribution >= 4 is 27.1 Å². The van der Waals surface area contributed by atoms with E-state index < -0.39 is 21.6 Å². The first-order valence-corrected chi connectivity index (χ1v) is 12.5. The maximum absolute atomic E-state index is 13.4. The van der Waals surface area contributed by atoms with Gasteiger partial charge in [0, 0.05) is 49.9 Å². The lowest BCUT2D eigenvalue weighted by molar-refractivity contribution is -0.137. The number of halogens is 3. The summed E-state index contributed by atoms with van der Waals surface area (Å²) < 4.78 is 66.2. The second-order valence-electron chi connectivity index (χ2n) is 8.67. The molecule has 0 bridgehead atoms. The molecule has 2 aliphatic heterocycles. The lowest BCUT2D eigenvalue weighted by Gasteiger charge is -2.25. The standard InChI is InChI=1S/C22H22F3N5O3S/c1-2-34(32,33)16-7-8-19-26-27-20(30(19)13-16)21(31)29-11-14-9-28(10-15(14)12-29)18-6-4-3-5-17(18)22(23,24)25/h3-8,13-15H,2,9-12H2,1H3/t14-,15+. The first kappa shape index (κ1) is 22.6. The molecule has 3 aromatic rings. The molecule has 0 N–H and O–H groups in total. The van der Waals surface area contributed by atoms with E-state index in [0.717, 1.165) is 6.07 Å². The van der Waals surface area contributed by atoms with Gasteiger partial charge in [-0.15, -0.1) is 10.2 Å². The van der Waals surface area contributed by atoms with Crippen molar-refractivity contribution in [1.29, 1.82) is 0 Å². The molecule has 2 aliphatic rings. The van der Waals surface area contributed by atoms with Crippen LogP contribution in [0.4, 0.5) is 18.9 Å². The summed E-state index contributed by atoms with van der Waals surface area (Å²) in [5.41, 5.74) is -0.140. The molecule has 0 spiro atoms. The fourth-order valence-corrected chi connectivity index (χ4v) is 5.73. The Kier molecular flexibility index (Phi) is 5.30. The number of sulfone groups is 1. The number of alkyl halides is 3. The lowest BCUT2D eigenvalue weighted by Crippen LogP contribution is -2.34. The van der Waals surface area contributed by atoms with Crippen LogP contribution in [0.25, 0.3) is 5.65 Å². The number of anilines is 1. The summed E-state index contributed by atoms with van der Waals surface area (Å²) in [6.45, 7) is 3.14. The van der Waals surface area contributed by atoms with Crippen LogP contribution in [-0.4, -0.2) is 65.8 Å². The van der Waals surface area contributed by atoms with Crippen molar-refractivity contribution in [2.45, 2.75) is 18.0 Å². The van der Waals surface area contributed by atoms with E-state index in [-0.39, 0.29) is 39.9 Å². The summed E-state index contributed by atoms with van der Waals surface area (Å²) in [5, 5.41) is 7.95. The number of nitrogens with zero attached hydrogens (tertiary/aromatic N) is 5. The number of hydrogen-bond donors (Lipinski definition) is 0. The fraction of sp³-hybridized carbons (Fsp3) is 0.409. The molecule has 1 aromatic carbocycles. The van der Waals surface area contributed by atoms with Gasteiger partial charge in [0.1, 0.15) is 0 Å². The Morgan fingerprint density at radius 2 is 1.71 bits per heavy atom. The molecule has 4 heterocycles. The molecule has 0 radical (unpaired) electrons. The minimum absolute atomic E-state index is 0.0161. The maximum atomic E-state index is 13.4. The van der Waals surface area contributed by atoms with E-state index in [1.165, 1.54) is 41.8 Å². The molecule has 180 valence electrons. The average Bonchev–Trinajstić information content (AvgIpc) is 3.50. The molecule has 8 nitrogen and oxygen atoms in total. The molecule has 34 heavy (non-hydrogen) atoms. The highest BCUT2D eigenvalue weighted by atomic mass is 32.2. The molecule has 5 rings (SSSR count). The van der Waals surface area contributed by atoms with Gasteiger partial charge in [-0.05, 0) is 24.3 Å². The highest BCUT2D eigenvalue weighted by Crippen LogP contribution is 2.41. The Morgan fingerprint density at radius 1 is 1.03 bits per heavy atom. The topological polar surface area (TPSA) is 87.9 Å². The SMILES string of the molecule is CCS(=O)(=O)c1ccc2nnc(C(=O)N3C[C@@H]4CN(c5ccccc5C(F)(F)F)C[C@@H]4C3)n2c1. The van der Waals surface area contributed by atoms with Crippen molar-refractivity contribution in [2.75, 3.05) is 36.8 Å². The average molecular weight is 494 g/mol. The first-order chi connectivity index (χ1) is 16.1. The Bertz CT molecular complexity index is 1360. The summed E-state index contributed by atoms with van der Waals surface area (Å²) in [6, 6.07) is 8.48. The quantitative estimate of drug-likeness (QED) is 0.556. The summed E-state index contributed by atoms with van der Waals surface area (Å²) >= 11 is 0. The zero-order valence-corrected chi connectivity index (χ0v) is 19.1. The van der Waals surface area contributed by atoms with Gasteiger partial charge in [0.15, 0.2) is 15.5 Å². The summed E-state index contributed by atoms with van der Waals surface area (Å²) in [4.78, 5) is 16.7. The van der Waals surface area contributed by atoms with Gasteiger partial charge < -0.3 is 9.80 Å². The molecule has 2 atom stereocenters. The summed E-state index contributed by atoms with van der Waals surface area (Å²) in [7, 11) is -3.47. The van der Waals surface area contributed by atoms with Crippen molar-refractivity contribution in [3.05, 3.63) is 54.0 Å². The highest BCUT2D eigenvalue weighted by molar-refractivity contribution is 7.91. The van der Waals surface area contributed by atoms with E-state index in [9.17, 15) is 26.4 Å². The van der Waals surface area contributed by atoms with Crippen molar-refractivity contribution in [3.8, 4) is 0 Å². The molecular weight excluding hydrogens is 471 g/mol. The molecule has 2 fully saturated rings. The van der Waals surface area contributed by atoms with Crippen molar-refractivity contribution in [1.82, 2.24) is 19.5 Å². The van der Waals surface area contributed by atoms with E-state index in [4.69, 9.17) is 0 Å². The van der Waals surface area contributed by atoms with Gasteiger partial charge in [0.2, 0.25) is 5.82 Å². The number of rotatable bonds is 4. The summed E-state index contributed by atoms with van der Waals surface area (Å²) in [5.74, 6) is -0.383. The van der Waals surface area contributed by atoms with Gasteiger partial charge >= 0.3 is 6.18 Å². The second kappa shape index (κ2) is 7.97. The van der Waals surface area contributed by atoms with Crippen LogP contribution in [0, 0.1) is 11.8 Å². The van der Waals surface area contributed by atoms with Crippen LogP contribution in [0.5, 0.6) is 0 Å². The van der Waals surface area contributed by atoms with Gasteiger partial charge in [0.25, 0.3) is 5.91 Å². The first-order valence-electron chi connectivity index (χ1n) is 10.9. The number of para-hydroxylation sites is 1. The number of carbonyl (C=O) groups excluding carboxylic acids is 1. The molecule has 2 saturated heterocycles. The minimum Gasteiger partial charge on any atom is -0.370 e. The van der Waals surface area contributed by atoms with Crippen LogP contribution < -0.4 is 4.90 Å². The van der Waals surface area contributed by atoms with Gasteiger partial charge in [-0.1, -0.05) is 19.1 Å². The van der Waals surface area contributed by atoms with E-state index in [1.807, 2.05) is 0 Å². The van der Waals surface area contributed by atoms with E-state index >= 15 is 0 Å². The minimum atomic E-state index is -4.44. The van der Waals surface area contributed by atoms with Crippen LogP contribution in [0.15, 0.2) is 47.5 Å². The van der Waals surface area contributed by atoms with E-state index in [1.54, 1.807) is 15.9 Å². The predicted molar refractivity (Wildman–Crippen MR) is 117 cm³/mol. The van der Waals surface area contributed by atoms with Gasteiger partial charge in [-0.3, -0.25) is 9.20 Å². The number of fused-ring (bicyclic) bond motifs is 2. The fourth-order valence-electron chi connectivity index (χ4n) is 4.85. The molecule has 2 aromatic heterocycles. The van der Waals surface area contributed by atoms with Crippen LogP contribution in [0.3, 0.4) is 0 Å². The smallest absolute Gasteiger partial charge is 0.370 e. The molecule has 1 amide bonds. The molecule has 0 unspecified atom stereocenters. The number of carbonyl (C=O) groups is 1. The van der Waals surface area contributed by atoms with Gasteiger partial charge in [-0.2, -0.15) is 13.2 Å². The van der Waals surface area contributed by atoms with Crippen LogP contribution >= 0.6 is 0 Å². The van der Waals surface area contributed by atoms with Crippen molar-refractivity contribution < 1.29 is 26.4 Å². The number of amides is 1. The van der Waals surface area contributed by atoms with Crippen LogP contribution in [0.1, 0.15) is 23.1 Å². The number of likely N-dealkylation sites (tertiary alicyclic amines) is 1. The number of pyridine rings is 1. The third-order valence-electron chi connectivity index (χ3n) is 6.63. The third-order valence-corrected chi connectivity index (χ3v) is 8.35. The zero-order chi connectivity index (χ0) is 24.3. The third kappa shape index (κ3) is 3.79. The monoisotopic (exact) mass is 493 g/mol. The van der Waals surface area contributed by atoms with E-state index in [0.29, 0.717) is 31.8 Å². The Labute approximate surface area is 193 Å². The lowest BCUT2D eigenvalue weighted by atomic mass is 10.0. The molecule has 0 aliphatic carbocycles. The number of benzene rings is 1. The highest BCUT2D eigenvalue weighted by Gasteiger charge is 2.44. The number of aromatic nitrogens is 3. The zero-order valence-electron chi connectivity index (χ0n) is 18.2. The summed E-state index contributed by atoms with van der Waals surface area (Å²) in [6.07, 6.45) is -3.08. The molecule has 0 saturated carbocycles. The molecule has 12 heteroatoms. The van der Waals surface area contributed by atoms with Crippen LogP contribution in [-0.2, 0) is 16.0 Å².